The minimum absolute atomic E-state index is 0.0837. The number of aromatic nitrogens is 1. The zero-order chi connectivity index (χ0) is 10.6. The van der Waals surface area contributed by atoms with Gasteiger partial charge in [0.05, 0.1) is 13.3 Å². The van der Waals surface area contributed by atoms with Crippen LogP contribution in [0.3, 0.4) is 0 Å². The fourth-order valence-corrected chi connectivity index (χ4v) is 0.997. The van der Waals surface area contributed by atoms with E-state index in [0.29, 0.717) is 12.1 Å². The van der Waals surface area contributed by atoms with Gasteiger partial charge in [0.1, 0.15) is 11.8 Å². The van der Waals surface area contributed by atoms with Crippen LogP contribution in [0.5, 0.6) is 5.75 Å². The maximum Gasteiger partial charge on any atom is 0.323 e. The van der Waals surface area contributed by atoms with E-state index in [4.69, 9.17) is 10.8 Å². The molecule has 0 saturated carbocycles. The summed E-state index contributed by atoms with van der Waals surface area (Å²) in [6.07, 6.45) is 1.60. The number of pyridine rings is 1. The monoisotopic (exact) mass is 196 g/mol. The summed E-state index contributed by atoms with van der Waals surface area (Å²) in [6, 6.07) is 2.39. The van der Waals surface area contributed by atoms with E-state index in [1.807, 2.05) is 0 Å². The Kier molecular flexibility index (Phi) is 3.41. The molecule has 0 saturated heterocycles. The van der Waals surface area contributed by atoms with E-state index in [0.717, 1.165) is 0 Å². The van der Waals surface area contributed by atoms with Crippen LogP contribution in [0.2, 0.25) is 0 Å². The normalized spacial score (nSPS) is 12.1. The number of rotatable bonds is 3. The summed E-state index contributed by atoms with van der Waals surface area (Å²) in [6.45, 7) is 0. The van der Waals surface area contributed by atoms with Crippen molar-refractivity contribution in [2.45, 2.75) is 12.5 Å². The van der Waals surface area contributed by atoms with E-state index in [1.54, 1.807) is 6.07 Å². The fourth-order valence-electron chi connectivity index (χ4n) is 0.997. The summed E-state index contributed by atoms with van der Waals surface area (Å²) < 4.78 is 4.47. The highest BCUT2D eigenvalue weighted by atomic mass is 16.5. The van der Waals surface area contributed by atoms with Crippen LogP contribution in [0.1, 0.15) is 5.69 Å². The summed E-state index contributed by atoms with van der Waals surface area (Å²) in [5, 5.41) is 8.96. The molecule has 3 N–H and O–H groups in total. The molecule has 1 heterocycles. The van der Waals surface area contributed by atoms with Crippen LogP contribution >= 0.6 is 0 Å². The third-order valence-corrected chi connectivity index (χ3v) is 1.74. The SMILES string of the molecule is COC(=O)[C@@H](N)Cc1ccc(O)cn1. The highest BCUT2D eigenvalue weighted by Gasteiger charge is 2.14. The Labute approximate surface area is 81.5 Å². The van der Waals surface area contributed by atoms with Gasteiger partial charge in [0.25, 0.3) is 0 Å². The third kappa shape index (κ3) is 2.70. The second-order valence-corrected chi connectivity index (χ2v) is 2.84. The van der Waals surface area contributed by atoms with Crippen LogP contribution in [0.25, 0.3) is 0 Å². The van der Waals surface area contributed by atoms with Gasteiger partial charge >= 0.3 is 5.97 Å². The summed E-state index contributed by atoms with van der Waals surface area (Å²) in [5.74, 6) is -0.389. The van der Waals surface area contributed by atoms with E-state index in [1.165, 1.54) is 19.4 Å². The molecule has 0 spiro atoms. The Balaban J connectivity index is 2.60. The van der Waals surface area contributed by atoms with Crippen molar-refractivity contribution in [2.75, 3.05) is 7.11 Å². The number of carbonyl (C=O) groups excluding carboxylic acids is 1. The Hall–Kier alpha value is -1.62. The molecule has 5 nitrogen and oxygen atoms in total. The molecule has 5 heteroatoms. The molecule has 1 atom stereocenters. The first kappa shape index (κ1) is 10.5. The molecule has 1 aromatic heterocycles. The zero-order valence-corrected chi connectivity index (χ0v) is 7.80. The van der Waals surface area contributed by atoms with Gasteiger partial charge in [-0.25, -0.2) is 0 Å². The van der Waals surface area contributed by atoms with Crippen molar-refractivity contribution in [1.82, 2.24) is 4.98 Å². The summed E-state index contributed by atoms with van der Waals surface area (Å²) in [4.78, 5) is 14.9. The molecule has 0 bridgehead atoms. The van der Waals surface area contributed by atoms with Crippen molar-refractivity contribution in [3.63, 3.8) is 0 Å². The molecule has 0 unspecified atom stereocenters. The first-order valence-corrected chi connectivity index (χ1v) is 4.11. The number of esters is 1. The predicted molar refractivity (Wildman–Crippen MR) is 49.6 cm³/mol. The minimum atomic E-state index is -0.711. The van der Waals surface area contributed by atoms with Crippen LogP contribution in [0.4, 0.5) is 0 Å². The van der Waals surface area contributed by atoms with Crippen molar-refractivity contribution >= 4 is 5.97 Å². The number of methoxy groups -OCH3 is 1. The van der Waals surface area contributed by atoms with E-state index >= 15 is 0 Å². The fraction of sp³-hybridized carbons (Fsp3) is 0.333. The Bertz CT molecular complexity index is 310. The molecule has 0 fully saturated rings. The largest absolute Gasteiger partial charge is 0.506 e. The lowest BCUT2D eigenvalue weighted by Gasteiger charge is -2.07. The highest BCUT2D eigenvalue weighted by Crippen LogP contribution is 2.07. The van der Waals surface area contributed by atoms with Gasteiger partial charge in [0.15, 0.2) is 0 Å². The molecule has 0 aliphatic heterocycles. The molecular formula is C9H12N2O3. The van der Waals surface area contributed by atoms with Crippen LogP contribution in [-0.2, 0) is 16.0 Å². The first-order chi connectivity index (χ1) is 6.63. The van der Waals surface area contributed by atoms with Crippen LogP contribution in [0, 0.1) is 0 Å². The topological polar surface area (TPSA) is 85.4 Å². The maximum atomic E-state index is 11.0. The minimum Gasteiger partial charge on any atom is -0.506 e. The molecule has 0 amide bonds. The summed E-state index contributed by atoms with van der Waals surface area (Å²) in [7, 11) is 1.28. The number of aromatic hydroxyl groups is 1. The lowest BCUT2D eigenvalue weighted by atomic mass is 10.1. The number of nitrogens with zero attached hydrogens (tertiary/aromatic N) is 1. The van der Waals surface area contributed by atoms with Crippen molar-refractivity contribution in [3.05, 3.63) is 24.0 Å². The standard InChI is InChI=1S/C9H12N2O3/c1-14-9(13)8(10)4-6-2-3-7(12)5-11-6/h2-3,5,8,12H,4,10H2,1H3/t8-/m0/s1. The first-order valence-electron chi connectivity index (χ1n) is 4.11. The molecule has 0 radical (unpaired) electrons. The van der Waals surface area contributed by atoms with Gasteiger partial charge in [-0.15, -0.1) is 0 Å². The number of hydrogen-bond acceptors (Lipinski definition) is 5. The average molecular weight is 196 g/mol. The van der Waals surface area contributed by atoms with Crippen LogP contribution < -0.4 is 5.73 Å². The Morgan fingerprint density at radius 2 is 2.43 bits per heavy atom. The number of carbonyl (C=O) groups is 1. The van der Waals surface area contributed by atoms with Gasteiger partial charge < -0.3 is 15.6 Å². The van der Waals surface area contributed by atoms with E-state index in [-0.39, 0.29) is 5.75 Å². The number of ether oxygens (including phenoxy) is 1. The average Bonchev–Trinajstić information content (AvgIpc) is 2.20. The van der Waals surface area contributed by atoms with Gasteiger partial charge in [-0.2, -0.15) is 0 Å². The zero-order valence-electron chi connectivity index (χ0n) is 7.80. The maximum absolute atomic E-state index is 11.0. The lowest BCUT2D eigenvalue weighted by Crippen LogP contribution is -2.33. The summed E-state index contributed by atoms with van der Waals surface area (Å²) >= 11 is 0. The van der Waals surface area contributed by atoms with Crippen molar-refractivity contribution in [2.24, 2.45) is 5.73 Å². The van der Waals surface area contributed by atoms with Gasteiger partial charge in [0, 0.05) is 12.1 Å². The molecule has 0 aliphatic rings. The van der Waals surface area contributed by atoms with Crippen molar-refractivity contribution < 1.29 is 14.6 Å². The quantitative estimate of drug-likeness (QED) is 0.655. The molecule has 76 valence electrons. The third-order valence-electron chi connectivity index (χ3n) is 1.74. The van der Waals surface area contributed by atoms with Crippen LogP contribution in [0.15, 0.2) is 18.3 Å². The van der Waals surface area contributed by atoms with Gasteiger partial charge in [-0.3, -0.25) is 9.78 Å². The number of hydrogen-bond donors (Lipinski definition) is 2. The molecule has 0 aromatic carbocycles. The molecule has 1 rings (SSSR count). The summed E-state index contributed by atoms with van der Waals surface area (Å²) in [5.41, 5.74) is 6.16. The molecule has 0 aliphatic carbocycles. The molecule has 14 heavy (non-hydrogen) atoms. The molecule has 1 aromatic rings. The Morgan fingerprint density at radius 1 is 1.71 bits per heavy atom. The van der Waals surface area contributed by atoms with Crippen molar-refractivity contribution in [3.8, 4) is 5.75 Å². The van der Waals surface area contributed by atoms with E-state index in [2.05, 4.69) is 9.72 Å². The van der Waals surface area contributed by atoms with Gasteiger partial charge in [-0.1, -0.05) is 0 Å². The van der Waals surface area contributed by atoms with Gasteiger partial charge in [-0.05, 0) is 12.1 Å². The highest BCUT2D eigenvalue weighted by molar-refractivity contribution is 5.75. The van der Waals surface area contributed by atoms with E-state index < -0.39 is 12.0 Å². The van der Waals surface area contributed by atoms with E-state index in [9.17, 15) is 4.79 Å². The molecular weight excluding hydrogens is 184 g/mol. The van der Waals surface area contributed by atoms with Crippen molar-refractivity contribution in [1.29, 1.82) is 0 Å². The second kappa shape index (κ2) is 4.57. The van der Waals surface area contributed by atoms with Gasteiger partial charge in [0.2, 0.25) is 0 Å². The number of nitrogens with two attached hydrogens (primary N) is 1. The predicted octanol–water partition coefficient (Wildman–Crippen LogP) is -0.170. The van der Waals surface area contributed by atoms with Crippen LogP contribution in [-0.4, -0.2) is 29.2 Å². The lowest BCUT2D eigenvalue weighted by molar-refractivity contribution is -0.142. The Morgan fingerprint density at radius 3 is 2.93 bits per heavy atom. The smallest absolute Gasteiger partial charge is 0.323 e. The second-order valence-electron chi connectivity index (χ2n) is 2.84.